The molecule has 1 fully saturated rings. The van der Waals surface area contributed by atoms with E-state index < -0.39 is 6.04 Å². The van der Waals surface area contributed by atoms with Crippen molar-refractivity contribution >= 4 is 11.8 Å². The second kappa shape index (κ2) is 5.40. The molecule has 0 aliphatic carbocycles. The van der Waals surface area contributed by atoms with E-state index in [-0.39, 0.29) is 24.3 Å². The largest absolute Gasteiger partial charge is 0.497 e. The molecule has 1 saturated heterocycles. The molecular weight excluding hydrogens is 244 g/mol. The van der Waals surface area contributed by atoms with Gasteiger partial charge < -0.3 is 4.74 Å². The first-order chi connectivity index (χ1) is 9.02. The number of nitrogens with one attached hydrogen (secondary N) is 1. The highest BCUT2D eigenvalue weighted by molar-refractivity contribution is 6.05. The first-order valence-corrected chi connectivity index (χ1v) is 6.23. The number of carbonyl (C=O) groups excluding carboxylic acids is 2. The summed E-state index contributed by atoms with van der Waals surface area (Å²) in [5, 5.41) is 3.19. The first-order valence-electron chi connectivity index (χ1n) is 6.23. The van der Waals surface area contributed by atoms with Crippen LogP contribution in [0.2, 0.25) is 0 Å². The lowest BCUT2D eigenvalue weighted by Crippen LogP contribution is -2.38. The Bertz CT molecular complexity index is 501. The standard InChI is InChI=1S/C14H18N2O3/c1-9(10-5-4-6-11(7-10)19-3)15-12-8-13(17)16(2)14(12)18/h4-7,9,12,15H,8H2,1-3H3/t9-,12?/m1/s1. The summed E-state index contributed by atoms with van der Waals surface area (Å²) in [4.78, 5) is 24.5. The summed E-state index contributed by atoms with van der Waals surface area (Å²) < 4.78 is 5.17. The number of amides is 2. The third-order valence-electron chi connectivity index (χ3n) is 3.43. The summed E-state index contributed by atoms with van der Waals surface area (Å²) in [7, 11) is 3.13. The van der Waals surface area contributed by atoms with E-state index in [9.17, 15) is 9.59 Å². The molecule has 0 spiro atoms. The summed E-state index contributed by atoms with van der Waals surface area (Å²) in [6.45, 7) is 1.96. The molecule has 0 aromatic heterocycles. The molecule has 5 heteroatoms. The molecule has 5 nitrogen and oxygen atoms in total. The van der Waals surface area contributed by atoms with Crippen LogP contribution in [-0.2, 0) is 9.59 Å². The van der Waals surface area contributed by atoms with Gasteiger partial charge >= 0.3 is 0 Å². The topological polar surface area (TPSA) is 58.6 Å². The van der Waals surface area contributed by atoms with Crippen molar-refractivity contribution in [1.82, 2.24) is 10.2 Å². The number of imide groups is 1. The Hall–Kier alpha value is -1.88. The van der Waals surface area contributed by atoms with Crippen LogP contribution in [0, 0.1) is 0 Å². The average Bonchev–Trinajstić information content (AvgIpc) is 2.66. The maximum absolute atomic E-state index is 11.8. The summed E-state index contributed by atoms with van der Waals surface area (Å²) >= 11 is 0. The van der Waals surface area contributed by atoms with Crippen LogP contribution in [-0.4, -0.2) is 36.9 Å². The number of methoxy groups -OCH3 is 1. The fourth-order valence-corrected chi connectivity index (χ4v) is 2.19. The van der Waals surface area contributed by atoms with Gasteiger partial charge in [-0.3, -0.25) is 19.8 Å². The van der Waals surface area contributed by atoms with E-state index in [1.807, 2.05) is 31.2 Å². The van der Waals surface area contributed by atoms with Crippen molar-refractivity contribution in [3.63, 3.8) is 0 Å². The maximum Gasteiger partial charge on any atom is 0.246 e. The molecule has 1 heterocycles. The number of hydrogen-bond acceptors (Lipinski definition) is 4. The SMILES string of the molecule is COc1cccc([C@@H](C)NC2CC(=O)N(C)C2=O)c1. The Balaban J connectivity index is 2.07. The quantitative estimate of drug-likeness (QED) is 0.826. The fraction of sp³-hybridized carbons (Fsp3) is 0.429. The molecule has 1 unspecified atom stereocenters. The van der Waals surface area contributed by atoms with Crippen molar-refractivity contribution in [1.29, 1.82) is 0 Å². The van der Waals surface area contributed by atoms with E-state index >= 15 is 0 Å². The number of carbonyl (C=O) groups is 2. The number of ether oxygens (including phenoxy) is 1. The van der Waals surface area contributed by atoms with Crippen LogP contribution in [0.1, 0.15) is 24.9 Å². The van der Waals surface area contributed by atoms with E-state index in [2.05, 4.69) is 5.32 Å². The van der Waals surface area contributed by atoms with E-state index in [1.165, 1.54) is 11.9 Å². The van der Waals surface area contributed by atoms with Crippen molar-refractivity contribution in [2.75, 3.05) is 14.2 Å². The highest BCUT2D eigenvalue weighted by atomic mass is 16.5. The van der Waals surface area contributed by atoms with Gasteiger partial charge in [-0.25, -0.2) is 0 Å². The summed E-state index contributed by atoms with van der Waals surface area (Å²) in [6.07, 6.45) is 0.226. The third-order valence-corrected chi connectivity index (χ3v) is 3.43. The molecule has 0 saturated carbocycles. The maximum atomic E-state index is 11.8. The van der Waals surface area contributed by atoms with Crippen LogP contribution >= 0.6 is 0 Å². The summed E-state index contributed by atoms with van der Waals surface area (Å²) in [5.41, 5.74) is 1.02. The molecule has 2 rings (SSSR count). The first kappa shape index (κ1) is 13.5. The number of likely N-dealkylation sites (tertiary alicyclic amines) is 1. The van der Waals surface area contributed by atoms with Crippen molar-refractivity contribution in [2.24, 2.45) is 0 Å². The van der Waals surface area contributed by atoms with Gasteiger partial charge in [-0.15, -0.1) is 0 Å². The van der Waals surface area contributed by atoms with Gasteiger partial charge in [0.05, 0.1) is 19.6 Å². The minimum absolute atomic E-state index is 0.0247. The second-order valence-electron chi connectivity index (χ2n) is 4.71. The van der Waals surface area contributed by atoms with Crippen LogP contribution in [0.5, 0.6) is 5.75 Å². The van der Waals surface area contributed by atoms with Crippen molar-refractivity contribution in [3.8, 4) is 5.75 Å². The van der Waals surface area contributed by atoms with Gasteiger partial charge in [-0.2, -0.15) is 0 Å². The van der Waals surface area contributed by atoms with Gasteiger partial charge in [0.1, 0.15) is 5.75 Å². The normalized spacial score (nSPS) is 20.8. The van der Waals surface area contributed by atoms with E-state index in [0.717, 1.165) is 11.3 Å². The third kappa shape index (κ3) is 2.76. The molecule has 19 heavy (non-hydrogen) atoms. The van der Waals surface area contributed by atoms with Crippen LogP contribution in [0.15, 0.2) is 24.3 Å². The predicted molar refractivity (Wildman–Crippen MR) is 70.7 cm³/mol. The number of rotatable bonds is 4. The van der Waals surface area contributed by atoms with E-state index in [0.29, 0.717) is 0 Å². The Morgan fingerprint density at radius 1 is 1.42 bits per heavy atom. The molecule has 2 atom stereocenters. The number of nitrogens with zero attached hydrogens (tertiary/aromatic N) is 1. The molecule has 1 N–H and O–H groups in total. The van der Waals surface area contributed by atoms with Gasteiger partial charge in [-0.1, -0.05) is 12.1 Å². The van der Waals surface area contributed by atoms with Gasteiger partial charge in [0.2, 0.25) is 11.8 Å². The Labute approximate surface area is 112 Å². The average molecular weight is 262 g/mol. The fourth-order valence-electron chi connectivity index (χ4n) is 2.19. The number of hydrogen-bond donors (Lipinski definition) is 1. The molecular formula is C14H18N2O3. The van der Waals surface area contributed by atoms with Crippen LogP contribution in [0.4, 0.5) is 0 Å². The zero-order valence-electron chi connectivity index (χ0n) is 11.3. The highest BCUT2D eigenvalue weighted by Gasteiger charge is 2.36. The van der Waals surface area contributed by atoms with Crippen LogP contribution in [0.3, 0.4) is 0 Å². The minimum atomic E-state index is -0.432. The Kier molecular flexibility index (Phi) is 3.85. The van der Waals surface area contributed by atoms with Gasteiger partial charge in [0, 0.05) is 13.1 Å². The zero-order valence-corrected chi connectivity index (χ0v) is 11.3. The smallest absolute Gasteiger partial charge is 0.246 e. The second-order valence-corrected chi connectivity index (χ2v) is 4.71. The molecule has 0 bridgehead atoms. The summed E-state index contributed by atoms with van der Waals surface area (Å²) in [6, 6.07) is 7.20. The Morgan fingerprint density at radius 3 is 2.74 bits per heavy atom. The molecule has 1 aliphatic rings. The lowest BCUT2D eigenvalue weighted by molar-refractivity contribution is -0.137. The van der Waals surface area contributed by atoms with Gasteiger partial charge in [0.25, 0.3) is 0 Å². The van der Waals surface area contributed by atoms with Gasteiger partial charge in [-0.05, 0) is 24.6 Å². The van der Waals surface area contributed by atoms with Crippen LogP contribution < -0.4 is 10.1 Å². The van der Waals surface area contributed by atoms with E-state index in [4.69, 9.17) is 4.74 Å². The molecule has 1 aromatic rings. The van der Waals surface area contributed by atoms with Crippen molar-refractivity contribution in [2.45, 2.75) is 25.4 Å². The highest BCUT2D eigenvalue weighted by Crippen LogP contribution is 2.21. The lowest BCUT2D eigenvalue weighted by atomic mass is 10.1. The van der Waals surface area contributed by atoms with Crippen LogP contribution in [0.25, 0.3) is 0 Å². The molecule has 2 amide bonds. The predicted octanol–water partition coefficient (Wildman–Crippen LogP) is 1.10. The Morgan fingerprint density at radius 2 is 2.16 bits per heavy atom. The van der Waals surface area contributed by atoms with Crippen molar-refractivity contribution in [3.05, 3.63) is 29.8 Å². The van der Waals surface area contributed by atoms with Gasteiger partial charge in [0.15, 0.2) is 0 Å². The summed E-state index contributed by atoms with van der Waals surface area (Å²) in [5.74, 6) is 0.470. The van der Waals surface area contributed by atoms with Crippen molar-refractivity contribution < 1.29 is 14.3 Å². The van der Waals surface area contributed by atoms with E-state index in [1.54, 1.807) is 7.11 Å². The monoisotopic (exact) mass is 262 g/mol. The number of likely N-dealkylation sites (N-methyl/N-ethyl adjacent to an activating group) is 1. The molecule has 102 valence electrons. The molecule has 0 radical (unpaired) electrons. The number of benzene rings is 1. The minimum Gasteiger partial charge on any atom is -0.497 e. The molecule has 1 aliphatic heterocycles. The lowest BCUT2D eigenvalue weighted by Gasteiger charge is -2.18. The zero-order chi connectivity index (χ0) is 14.0. The molecule has 1 aromatic carbocycles.